The highest BCUT2D eigenvalue weighted by Crippen LogP contribution is 2.39. The molecular weight excluding hydrogens is 528 g/mol. The van der Waals surface area contributed by atoms with Crippen LogP contribution >= 0.6 is 0 Å². The molecule has 8 nitrogen and oxygen atoms in total. The van der Waals surface area contributed by atoms with Crippen LogP contribution in [0.2, 0.25) is 0 Å². The Morgan fingerprint density at radius 2 is 1.44 bits per heavy atom. The molecule has 188 valence electrons. The van der Waals surface area contributed by atoms with Crippen molar-refractivity contribution in [1.82, 2.24) is 0 Å². The van der Waals surface area contributed by atoms with Gasteiger partial charge >= 0.3 is 26.6 Å². The van der Waals surface area contributed by atoms with Crippen LogP contribution in [0.3, 0.4) is 0 Å². The zero-order valence-electron chi connectivity index (χ0n) is 17.5. The highest BCUT2D eigenvalue weighted by atomic mass is 32.2. The number of carbonyl (C=O) groups is 1. The largest absolute Gasteiger partial charge is 0.743 e. The van der Waals surface area contributed by atoms with Gasteiger partial charge in [0.15, 0.2) is 19.9 Å². The third-order valence-corrected chi connectivity index (χ3v) is 8.93. The van der Waals surface area contributed by atoms with Gasteiger partial charge in [0.25, 0.3) is 0 Å². The number of ether oxygens (including phenoxy) is 1. The maximum absolute atomic E-state index is 13.9. The number of halogens is 4. The van der Waals surface area contributed by atoms with E-state index < -0.39 is 65.0 Å². The van der Waals surface area contributed by atoms with Gasteiger partial charge in [-0.1, -0.05) is 18.2 Å². The average Bonchev–Trinajstić information content (AvgIpc) is 2.73. The van der Waals surface area contributed by atoms with Gasteiger partial charge in [-0.05, 0) is 43.3 Å². The molecule has 0 bridgehead atoms. The van der Waals surface area contributed by atoms with Gasteiger partial charge < -0.3 is 13.5 Å². The van der Waals surface area contributed by atoms with Crippen molar-refractivity contribution in [1.29, 1.82) is 0 Å². The summed E-state index contributed by atoms with van der Waals surface area (Å²) >= 11 is 0. The second-order valence-corrected chi connectivity index (χ2v) is 12.2. The number of hydrogen-bond donors (Lipinski definition) is 0. The third kappa shape index (κ3) is 6.20. The molecule has 0 fully saturated rings. The second-order valence-electron chi connectivity index (χ2n) is 6.73. The summed E-state index contributed by atoms with van der Waals surface area (Å²) < 4.78 is 118. The van der Waals surface area contributed by atoms with E-state index in [2.05, 4.69) is 4.18 Å². The monoisotopic (exact) mass is 546 g/mol. The second kappa shape index (κ2) is 10.1. The average molecular weight is 547 g/mol. The predicted octanol–water partition coefficient (Wildman–Crippen LogP) is 3.11. The van der Waals surface area contributed by atoms with Crippen LogP contribution in [0, 0.1) is 0 Å². The minimum Gasteiger partial charge on any atom is -0.743 e. The first-order chi connectivity index (χ1) is 15.5. The molecule has 2 atom stereocenters. The molecule has 0 spiro atoms. The van der Waals surface area contributed by atoms with Crippen molar-refractivity contribution >= 4 is 37.1 Å². The molecule has 0 saturated heterocycles. The molecule has 2 aromatic carbocycles. The van der Waals surface area contributed by atoms with Crippen LogP contribution in [0.4, 0.5) is 17.6 Å². The maximum Gasteiger partial charge on any atom is 0.387 e. The lowest BCUT2D eigenvalue weighted by molar-refractivity contribution is -0.139. The lowest BCUT2D eigenvalue weighted by Crippen LogP contribution is -2.42. The number of hydrogen-bond acceptors (Lipinski definition) is 8. The first-order valence-corrected chi connectivity index (χ1v) is 13.2. The summed E-state index contributed by atoms with van der Waals surface area (Å²) in [5.74, 6) is -1.23. The van der Waals surface area contributed by atoms with Gasteiger partial charge in [-0.3, -0.25) is 0 Å². The summed E-state index contributed by atoms with van der Waals surface area (Å²) in [6.07, 6.45) is -3.11. The van der Waals surface area contributed by atoms with Crippen LogP contribution in [0.5, 0.6) is 5.75 Å². The Labute approximate surface area is 196 Å². The normalized spacial score (nSPS) is 14.8. The first-order valence-electron chi connectivity index (χ1n) is 9.13. The molecule has 2 unspecified atom stereocenters. The molecule has 2 aromatic rings. The number of benzene rings is 2. The summed E-state index contributed by atoms with van der Waals surface area (Å²) in [5, 5.41) is -11.6. The van der Waals surface area contributed by atoms with E-state index in [1.54, 1.807) is 37.3 Å². The van der Waals surface area contributed by atoms with Gasteiger partial charge in [-0.2, -0.15) is 26.0 Å². The fourth-order valence-corrected chi connectivity index (χ4v) is 6.17. The Morgan fingerprint density at radius 3 is 1.91 bits per heavy atom. The van der Waals surface area contributed by atoms with Crippen LogP contribution in [0.25, 0.3) is 0 Å². The number of alkyl halides is 4. The van der Waals surface area contributed by atoms with E-state index in [0.29, 0.717) is 9.79 Å². The Morgan fingerprint density at radius 1 is 0.941 bits per heavy atom. The van der Waals surface area contributed by atoms with E-state index in [1.165, 1.54) is 19.2 Å². The van der Waals surface area contributed by atoms with Gasteiger partial charge in [0.05, 0.1) is 18.0 Å². The van der Waals surface area contributed by atoms with E-state index in [4.69, 9.17) is 4.74 Å². The fraction of sp³-hybridized carbons (Fsp3) is 0.316. The van der Waals surface area contributed by atoms with Crippen molar-refractivity contribution in [3.63, 3.8) is 0 Å². The SMILES string of the molecule is COC(=O)C(C)[S+](c1ccccc1)c1ccc(OS(=O)(=O)C(F)(F)CC(F)(F)S(=O)(=O)[O-])cc1. The Hall–Kier alpha value is -2.36. The van der Waals surface area contributed by atoms with E-state index >= 15 is 0 Å². The zero-order chi connectivity index (χ0) is 25.9. The molecule has 0 saturated carbocycles. The molecule has 0 aliphatic carbocycles. The Balaban J connectivity index is 2.34. The van der Waals surface area contributed by atoms with Crippen molar-refractivity contribution in [3.8, 4) is 5.75 Å². The molecule has 2 rings (SSSR count). The van der Waals surface area contributed by atoms with Gasteiger partial charge in [0.2, 0.25) is 5.25 Å². The molecule has 0 heterocycles. The Kier molecular flexibility index (Phi) is 8.28. The van der Waals surface area contributed by atoms with Gasteiger partial charge in [0.1, 0.15) is 12.2 Å². The standard InChI is InChI=1S/C19H18F4O8S3/c1-13(17(24)30-2)32(15-6-4-3-5-7-15)16-10-8-14(9-11-16)31-34(28,29)19(22,23)12-18(20,21)33(25,26)27/h3-11,13H,12H2,1-2H3. The molecule has 0 aromatic heterocycles. The van der Waals surface area contributed by atoms with E-state index in [1.807, 2.05) is 0 Å². The molecule has 0 N–H and O–H groups in total. The van der Waals surface area contributed by atoms with E-state index in [0.717, 1.165) is 12.1 Å². The minimum atomic E-state index is -6.55. The van der Waals surface area contributed by atoms with Gasteiger partial charge in [-0.25, -0.2) is 13.2 Å². The summed E-state index contributed by atoms with van der Waals surface area (Å²) in [5.41, 5.74) is 0. The van der Waals surface area contributed by atoms with Crippen molar-refractivity contribution in [2.24, 2.45) is 0 Å². The van der Waals surface area contributed by atoms with Crippen LogP contribution in [-0.2, 0) is 40.7 Å². The summed E-state index contributed by atoms with van der Waals surface area (Å²) in [7, 11) is -12.4. The molecule has 0 radical (unpaired) electrons. The van der Waals surface area contributed by atoms with Crippen molar-refractivity contribution in [2.45, 2.75) is 38.9 Å². The summed E-state index contributed by atoms with van der Waals surface area (Å²) in [4.78, 5) is 13.3. The minimum absolute atomic E-state index is 0.476. The fourth-order valence-electron chi connectivity index (χ4n) is 2.62. The van der Waals surface area contributed by atoms with Crippen LogP contribution in [-0.4, -0.2) is 50.2 Å². The van der Waals surface area contributed by atoms with Crippen molar-refractivity contribution < 1.29 is 52.7 Å². The molecule has 0 aliphatic heterocycles. The molecule has 0 amide bonds. The first kappa shape index (κ1) is 27.9. The van der Waals surface area contributed by atoms with Crippen molar-refractivity contribution in [3.05, 3.63) is 54.6 Å². The van der Waals surface area contributed by atoms with Crippen LogP contribution in [0.15, 0.2) is 64.4 Å². The van der Waals surface area contributed by atoms with E-state index in [9.17, 15) is 43.7 Å². The predicted molar refractivity (Wildman–Crippen MR) is 112 cm³/mol. The summed E-state index contributed by atoms with van der Waals surface area (Å²) in [6.45, 7) is 1.60. The van der Waals surface area contributed by atoms with E-state index in [-0.39, 0.29) is 0 Å². The smallest absolute Gasteiger partial charge is 0.387 e. The number of methoxy groups -OCH3 is 1. The molecule has 34 heavy (non-hydrogen) atoms. The number of esters is 1. The van der Waals surface area contributed by atoms with Gasteiger partial charge in [-0.15, -0.1) is 0 Å². The topological polar surface area (TPSA) is 127 Å². The Bertz CT molecular complexity index is 1220. The third-order valence-electron chi connectivity index (χ3n) is 4.31. The summed E-state index contributed by atoms with van der Waals surface area (Å²) in [6, 6.07) is 13.2. The van der Waals surface area contributed by atoms with Crippen molar-refractivity contribution in [2.75, 3.05) is 7.11 Å². The van der Waals surface area contributed by atoms with Crippen LogP contribution < -0.4 is 4.18 Å². The zero-order valence-corrected chi connectivity index (χ0v) is 19.9. The number of carbonyl (C=O) groups excluding carboxylic acids is 1. The van der Waals surface area contributed by atoms with Crippen LogP contribution in [0.1, 0.15) is 13.3 Å². The highest BCUT2D eigenvalue weighted by molar-refractivity contribution is 7.98. The molecular formula is C19H18F4O8S3. The highest BCUT2D eigenvalue weighted by Gasteiger charge is 2.57. The molecule has 0 aliphatic rings. The lowest BCUT2D eigenvalue weighted by Gasteiger charge is -2.24. The maximum atomic E-state index is 13.9. The quantitative estimate of drug-likeness (QED) is 0.146. The molecule has 15 heteroatoms. The van der Waals surface area contributed by atoms with Gasteiger partial charge in [0, 0.05) is 0 Å². The lowest BCUT2D eigenvalue weighted by atomic mass is 10.3. The number of rotatable bonds is 10.